The van der Waals surface area contributed by atoms with Crippen LogP contribution in [0.2, 0.25) is 0 Å². The van der Waals surface area contributed by atoms with Gasteiger partial charge in [0.1, 0.15) is 0 Å². The number of likely N-dealkylation sites (tertiary alicyclic amines) is 1. The number of aliphatic hydroxyl groups excluding tert-OH is 1. The zero-order valence-electron chi connectivity index (χ0n) is 13.9. The monoisotopic (exact) mass is 299 g/mol. The molecule has 1 fully saturated rings. The van der Waals surface area contributed by atoms with Gasteiger partial charge in [-0.15, -0.1) is 0 Å². The number of piperidine rings is 1. The average Bonchev–Trinajstić information content (AvgIpc) is 2.45. The van der Waals surface area contributed by atoms with E-state index in [9.17, 15) is 9.90 Å². The molecule has 1 saturated heterocycles. The Morgan fingerprint density at radius 2 is 1.95 bits per heavy atom. The van der Waals surface area contributed by atoms with Crippen molar-refractivity contribution >= 4 is 6.03 Å². The van der Waals surface area contributed by atoms with Gasteiger partial charge in [0, 0.05) is 13.1 Å². The van der Waals surface area contributed by atoms with Crippen LogP contribution in [0.1, 0.15) is 46.5 Å². The minimum Gasteiger partial charge on any atom is -0.393 e. The number of rotatable bonds is 8. The maximum atomic E-state index is 11.7. The number of amides is 2. The summed E-state index contributed by atoms with van der Waals surface area (Å²) in [5.41, 5.74) is 0. The number of carbonyl (C=O) groups is 1. The van der Waals surface area contributed by atoms with Crippen molar-refractivity contribution in [1.29, 1.82) is 0 Å². The lowest BCUT2D eigenvalue weighted by molar-refractivity contribution is 0.163. The van der Waals surface area contributed by atoms with Crippen LogP contribution in [0.15, 0.2) is 0 Å². The number of urea groups is 1. The van der Waals surface area contributed by atoms with Gasteiger partial charge in [-0.3, -0.25) is 0 Å². The highest BCUT2D eigenvalue weighted by Crippen LogP contribution is 2.19. The van der Waals surface area contributed by atoms with E-state index in [1.54, 1.807) is 6.92 Å². The highest BCUT2D eigenvalue weighted by atomic mass is 16.3. The van der Waals surface area contributed by atoms with Crippen LogP contribution >= 0.6 is 0 Å². The van der Waals surface area contributed by atoms with Gasteiger partial charge in [-0.1, -0.05) is 13.8 Å². The molecule has 124 valence electrons. The first-order chi connectivity index (χ1) is 10.0. The molecule has 2 amide bonds. The molecule has 1 aliphatic rings. The Kier molecular flexibility index (Phi) is 8.69. The third-order valence-corrected chi connectivity index (χ3v) is 4.35. The zero-order valence-corrected chi connectivity index (χ0v) is 13.9. The quantitative estimate of drug-likeness (QED) is 0.640. The number of nitrogens with zero attached hydrogens (tertiary/aromatic N) is 1. The summed E-state index contributed by atoms with van der Waals surface area (Å²) >= 11 is 0. The van der Waals surface area contributed by atoms with E-state index in [1.807, 2.05) is 6.92 Å². The van der Waals surface area contributed by atoms with Crippen molar-refractivity contribution in [1.82, 2.24) is 15.5 Å². The molecular weight excluding hydrogens is 266 g/mol. The molecule has 3 N–H and O–H groups in total. The number of aliphatic hydroxyl groups is 1. The summed E-state index contributed by atoms with van der Waals surface area (Å²) in [4.78, 5) is 14.2. The summed E-state index contributed by atoms with van der Waals surface area (Å²) in [6.07, 6.45) is 3.99. The van der Waals surface area contributed by atoms with Gasteiger partial charge in [-0.25, -0.2) is 4.79 Å². The molecule has 2 unspecified atom stereocenters. The molecule has 1 heterocycles. The first kappa shape index (κ1) is 18.2. The molecule has 0 bridgehead atoms. The van der Waals surface area contributed by atoms with Crippen molar-refractivity contribution < 1.29 is 9.90 Å². The molecule has 0 saturated carbocycles. The highest BCUT2D eigenvalue weighted by molar-refractivity contribution is 5.73. The lowest BCUT2D eigenvalue weighted by atomic mass is 9.93. The van der Waals surface area contributed by atoms with Gasteiger partial charge in [-0.2, -0.15) is 0 Å². The van der Waals surface area contributed by atoms with Crippen LogP contribution in [0.3, 0.4) is 0 Å². The first-order valence-electron chi connectivity index (χ1n) is 8.43. The third kappa shape index (κ3) is 8.27. The first-order valence-corrected chi connectivity index (χ1v) is 8.43. The molecule has 0 aliphatic carbocycles. The van der Waals surface area contributed by atoms with Gasteiger partial charge in [-0.05, 0) is 64.1 Å². The summed E-state index contributed by atoms with van der Waals surface area (Å²) in [6, 6.07) is -0.0848. The zero-order chi connectivity index (χ0) is 15.7. The summed E-state index contributed by atoms with van der Waals surface area (Å²) < 4.78 is 0. The van der Waals surface area contributed by atoms with E-state index < -0.39 is 0 Å². The Bertz CT molecular complexity index is 289. The van der Waals surface area contributed by atoms with E-state index in [-0.39, 0.29) is 12.1 Å². The van der Waals surface area contributed by atoms with Gasteiger partial charge in [0.25, 0.3) is 0 Å². The smallest absolute Gasteiger partial charge is 0.314 e. The van der Waals surface area contributed by atoms with E-state index in [1.165, 1.54) is 25.9 Å². The summed E-state index contributed by atoms with van der Waals surface area (Å²) in [5.74, 6) is 1.05. The lowest BCUT2D eigenvalue weighted by Crippen LogP contribution is -2.40. The van der Waals surface area contributed by atoms with E-state index in [4.69, 9.17) is 0 Å². The SMILES string of the molecule is CCN1CCC(CCNC(=O)NCC(C)CC(C)O)CC1. The predicted octanol–water partition coefficient (Wildman–Crippen LogP) is 1.81. The van der Waals surface area contributed by atoms with Gasteiger partial charge in [0.15, 0.2) is 0 Å². The van der Waals surface area contributed by atoms with Crippen LogP contribution in [0, 0.1) is 11.8 Å². The van der Waals surface area contributed by atoms with Crippen LogP contribution in [0.25, 0.3) is 0 Å². The van der Waals surface area contributed by atoms with E-state index in [0.717, 1.165) is 31.8 Å². The predicted molar refractivity (Wildman–Crippen MR) is 86.3 cm³/mol. The molecule has 21 heavy (non-hydrogen) atoms. The Morgan fingerprint density at radius 3 is 2.52 bits per heavy atom. The summed E-state index contributed by atoms with van der Waals surface area (Å²) in [5, 5.41) is 15.1. The molecule has 1 rings (SSSR count). The van der Waals surface area contributed by atoms with Crippen molar-refractivity contribution in [2.45, 2.75) is 52.6 Å². The Morgan fingerprint density at radius 1 is 1.29 bits per heavy atom. The second-order valence-corrected chi connectivity index (χ2v) is 6.49. The van der Waals surface area contributed by atoms with Gasteiger partial charge >= 0.3 is 6.03 Å². The van der Waals surface area contributed by atoms with Gasteiger partial charge in [0.05, 0.1) is 6.10 Å². The number of nitrogens with one attached hydrogen (secondary N) is 2. The van der Waals surface area contributed by atoms with Crippen molar-refractivity contribution in [2.24, 2.45) is 11.8 Å². The number of hydrogen-bond donors (Lipinski definition) is 3. The Hall–Kier alpha value is -0.810. The molecule has 0 aromatic rings. The van der Waals surface area contributed by atoms with Crippen LogP contribution in [-0.4, -0.2) is 54.9 Å². The molecular formula is C16H33N3O2. The van der Waals surface area contributed by atoms with Crippen molar-refractivity contribution in [3.63, 3.8) is 0 Å². The Labute approximate surface area is 129 Å². The molecule has 0 aromatic heterocycles. The molecule has 0 radical (unpaired) electrons. The van der Waals surface area contributed by atoms with Gasteiger partial charge < -0.3 is 20.6 Å². The Balaban J connectivity index is 2.03. The fourth-order valence-electron chi connectivity index (χ4n) is 2.98. The number of hydrogen-bond acceptors (Lipinski definition) is 3. The minimum absolute atomic E-state index is 0.0848. The summed E-state index contributed by atoms with van der Waals surface area (Å²) in [6.45, 7) is 10.9. The topological polar surface area (TPSA) is 64.6 Å². The normalized spacial score (nSPS) is 20.0. The lowest BCUT2D eigenvalue weighted by Gasteiger charge is -2.31. The second-order valence-electron chi connectivity index (χ2n) is 6.49. The van der Waals surface area contributed by atoms with Crippen LogP contribution in [0.4, 0.5) is 4.79 Å². The van der Waals surface area contributed by atoms with E-state index >= 15 is 0 Å². The van der Waals surface area contributed by atoms with Gasteiger partial charge in [0.2, 0.25) is 0 Å². The maximum absolute atomic E-state index is 11.7. The second kappa shape index (κ2) is 10.0. The van der Waals surface area contributed by atoms with Crippen molar-refractivity contribution in [3.05, 3.63) is 0 Å². The molecule has 1 aliphatic heterocycles. The highest BCUT2D eigenvalue weighted by Gasteiger charge is 2.17. The molecule has 2 atom stereocenters. The molecule has 5 heteroatoms. The fourth-order valence-corrected chi connectivity index (χ4v) is 2.98. The molecule has 0 aromatic carbocycles. The average molecular weight is 299 g/mol. The molecule has 5 nitrogen and oxygen atoms in total. The minimum atomic E-state index is -0.307. The van der Waals surface area contributed by atoms with E-state index in [0.29, 0.717) is 12.5 Å². The van der Waals surface area contributed by atoms with Crippen LogP contribution in [-0.2, 0) is 0 Å². The maximum Gasteiger partial charge on any atom is 0.314 e. The standard InChI is InChI=1S/C16H33N3O2/c1-4-19-9-6-15(7-10-19)5-8-17-16(21)18-12-13(2)11-14(3)20/h13-15,20H,4-12H2,1-3H3,(H2,17,18,21). The fraction of sp³-hybridized carbons (Fsp3) is 0.938. The van der Waals surface area contributed by atoms with Crippen molar-refractivity contribution in [3.8, 4) is 0 Å². The number of carbonyl (C=O) groups excluding carboxylic acids is 1. The molecule has 0 spiro atoms. The summed E-state index contributed by atoms with van der Waals surface area (Å²) in [7, 11) is 0. The largest absolute Gasteiger partial charge is 0.393 e. The third-order valence-electron chi connectivity index (χ3n) is 4.35. The van der Waals surface area contributed by atoms with Crippen molar-refractivity contribution in [2.75, 3.05) is 32.7 Å². The van der Waals surface area contributed by atoms with Crippen LogP contribution in [0.5, 0.6) is 0 Å². The van der Waals surface area contributed by atoms with Crippen LogP contribution < -0.4 is 10.6 Å². The van der Waals surface area contributed by atoms with E-state index in [2.05, 4.69) is 22.5 Å².